The number of carbonyl (C=O) groups is 7. The van der Waals surface area contributed by atoms with E-state index in [1.807, 2.05) is 92.9 Å². The summed E-state index contributed by atoms with van der Waals surface area (Å²) < 4.78 is 26.0. The van der Waals surface area contributed by atoms with Crippen molar-refractivity contribution >= 4 is 63.6 Å². The number of alkyl carbamates (subject to hydrolysis) is 3. The molecule has 4 bridgehead atoms. The predicted octanol–water partition coefficient (Wildman–Crippen LogP) is 17.1. The SMILES string of the molecule is COC(=O)N[C@H](C(=O)N1CC2(CC2)C[C@H]1c1ncc(-c2ccc3cc(-c4ccc(-c5cnc([C@@H]6[C@H]7CC[C@H](C7)N6C(=O)OC(C)(C)C)[nH]5)cc4)ccc3c2)[nH]1)C(C)C.COC(=O)N[C@H](C(=O)N1CC2(CC2)C[C@H]1c1ncc(-c2ccc3cc(-c4ccc(-c5cnc([C@@H]6[C@H]7CC[C@H](C7)N6C(=O)[C@@H](NC(=O)OC)C6CCOCC6)[nH]5)cc4)ccc3c2)[nH]1)C(C)C. The topological polar surface area (TPSA) is 329 Å². The molecule has 27 heteroatoms. The Kier molecular flexibility index (Phi) is 22.1. The number of carbonyl (C=O) groups excluding carboxylic acids is 7. The van der Waals surface area contributed by atoms with Crippen LogP contribution in [-0.4, -0.2) is 185 Å². The van der Waals surface area contributed by atoms with Crippen molar-refractivity contribution < 1.29 is 57.2 Å². The molecule has 27 nitrogen and oxygen atoms in total. The smallest absolute Gasteiger partial charge is 0.411 e. The first-order valence-electron chi connectivity index (χ1n) is 43.8. The number of nitrogens with zero attached hydrogens (tertiary/aromatic N) is 8. The second-order valence-corrected chi connectivity index (χ2v) is 37.6. The number of hydrogen-bond donors (Lipinski definition) is 7. The minimum absolute atomic E-state index is 0.0233. The molecule has 10 aromatic rings. The molecule has 9 aliphatic rings. The Morgan fingerprint density at radius 1 is 0.439 bits per heavy atom. The third-order valence-electron chi connectivity index (χ3n) is 27.7. The number of piperidine rings is 2. The highest BCUT2D eigenvalue weighted by molar-refractivity contribution is 5.93. The van der Waals surface area contributed by atoms with Gasteiger partial charge in [-0.15, -0.1) is 0 Å². The van der Waals surface area contributed by atoms with E-state index in [0.29, 0.717) is 51.0 Å². The van der Waals surface area contributed by atoms with E-state index in [1.54, 1.807) is 0 Å². The highest BCUT2D eigenvalue weighted by atomic mass is 16.6. The third-order valence-corrected chi connectivity index (χ3v) is 27.7. The Bertz CT molecular complexity index is 5650. The Labute approximate surface area is 715 Å². The van der Waals surface area contributed by atoms with Gasteiger partial charge in [-0.25, -0.2) is 39.1 Å². The molecule has 4 aliphatic carbocycles. The van der Waals surface area contributed by atoms with Gasteiger partial charge in [-0.2, -0.15) is 0 Å². The van der Waals surface area contributed by atoms with Crippen LogP contribution < -0.4 is 16.0 Å². The normalized spacial score (nSPS) is 22.9. The Hall–Kier alpha value is -11.9. The van der Waals surface area contributed by atoms with Crippen LogP contribution in [0.3, 0.4) is 0 Å². The van der Waals surface area contributed by atoms with Crippen molar-refractivity contribution in [1.82, 2.24) is 75.4 Å². The molecule has 0 radical (unpaired) electrons. The number of methoxy groups -OCH3 is 3. The van der Waals surface area contributed by atoms with Gasteiger partial charge < -0.3 is 74.3 Å². The molecule has 5 saturated heterocycles. The molecular weight excluding hydrogens is 1560 g/mol. The van der Waals surface area contributed by atoms with E-state index in [2.05, 4.69) is 157 Å². The summed E-state index contributed by atoms with van der Waals surface area (Å²) >= 11 is 0. The zero-order valence-corrected chi connectivity index (χ0v) is 71.6. The number of fused-ring (bicyclic) bond motifs is 6. The molecule has 2 spiro atoms. The molecule has 123 heavy (non-hydrogen) atoms. The summed E-state index contributed by atoms with van der Waals surface area (Å²) in [5.74, 6) is 3.32. The average molecular weight is 1670 g/mol. The van der Waals surface area contributed by atoms with E-state index in [9.17, 15) is 33.6 Å². The maximum atomic E-state index is 14.4. The number of benzene rings is 6. The molecule has 5 aliphatic heterocycles. The largest absolute Gasteiger partial charge is 0.453 e. The first kappa shape index (κ1) is 82.1. The van der Waals surface area contributed by atoms with Crippen LogP contribution in [0.15, 0.2) is 146 Å². The fourth-order valence-corrected chi connectivity index (χ4v) is 20.7. The Balaban J connectivity index is 0.000000169. The third kappa shape index (κ3) is 16.5. The Morgan fingerprint density at radius 2 is 0.797 bits per heavy atom. The lowest BCUT2D eigenvalue weighted by molar-refractivity contribution is -0.140. The van der Waals surface area contributed by atoms with Gasteiger partial charge in [-0.3, -0.25) is 19.3 Å². The molecule has 11 atom stereocenters. The number of ether oxygens (including phenoxy) is 5. The summed E-state index contributed by atoms with van der Waals surface area (Å²) in [5, 5.41) is 12.8. The van der Waals surface area contributed by atoms with Crippen molar-refractivity contribution in [3.8, 4) is 67.3 Å². The highest BCUT2D eigenvalue weighted by Gasteiger charge is 2.58. The molecule has 19 rings (SSSR count). The number of hydrogen-bond acceptors (Lipinski definition) is 16. The van der Waals surface area contributed by atoms with E-state index in [0.717, 1.165) is 189 Å². The lowest BCUT2D eigenvalue weighted by Gasteiger charge is -2.39. The molecule has 6 aromatic carbocycles. The molecule has 4 saturated carbocycles. The minimum atomic E-state index is -0.689. The van der Waals surface area contributed by atoms with E-state index >= 15 is 0 Å². The van der Waals surface area contributed by atoms with E-state index < -0.39 is 42.0 Å². The summed E-state index contributed by atoms with van der Waals surface area (Å²) in [4.78, 5) is 133. The van der Waals surface area contributed by atoms with Gasteiger partial charge in [0.2, 0.25) is 17.7 Å². The molecule has 642 valence electrons. The van der Waals surface area contributed by atoms with Crippen LogP contribution in [0.4, 0.5) is 19.2 Å². The van der Waals surface area contributed by atoms with Crippen LogP contribution in [0.5, 0.6) is 0 Å². The number of nitrogens with one attached hydrogen (secondary N) is 7. The number of imidazole rings is 4. The Morgan fingerprint density at radius 3 is 1.20 bits per heavy atom. The second-order valence-electron chi connectivity index (χ2n) is 37.6. The summed E-state index contributed by atoms with van der Waals surface area (Å²) in [7, 11) is 3.95. The molecule has 9 heterocycles. The molecule has 4 aromatic heterocycles. The van der Waals surface area contributed by atoms with Crippen molar-refractivity contribution in [2.45, 2.75) is 198 Å². The van der Waals surface area contributed by atoms with Gasteiger partial charge in [0.25, 0.3) is 0 Å². The fraction of sp³-hybridized carbons (Fsp3) is 0.469. The quantitative estimate of drug-likeness (QED) is 0.0370. The van der Waals surface area contributed by atoms with Crippen LogP contribution in [0.2, 0.25) is 0 Å². The van der Waals surface area contributed by atoms with Crippen LogP contribution in [0.25, 0.3) is 88.8 Å². The van der Waals surface area contributed by atoms with Crippen molar-refractivity contribution in [3.05, 3.63) is 169 Å². The molecule has 7 amide bonds. The summed E-state index contributed by atoms with van der Waals surface area (Å²) in [6.07, 6.45) is 18.9. The van der Waals surface area contributed by atoms with Crippen molar-refractivity contribution in [1.29, 1.82) is 0 Å². The van der Waals surface area contributed by atoms with Crippen LogP contribution >= 0.6 is 0 Å². The summed E-state index contributed by atoms with van der Waals surface area (Å²) in [5.41, 5.74) is 11.8. The van der Waals surface area contributed by atoms with Gasteiger partial charge in [0.1, 0.15) is 47.0 Å². The summed E-state index contributed by atoms with van der Waals surface area (Å²) in [6, 6.07) is 40.4. The maximum Gasteiger partial charge on any atom is 0.411 e. The second kappa shape index (κ2) is 33.1. The van der Waals surface area contributed by atoms with Gasteiger partial charge in [0.05, 0.1) is 93.1 Å². The first-order chi connectivity index (χ1) is 59.3. The van der Waals surface area contributed by atoms with Gasteiger partial charge >= 0.3 is 24.4 Å². The van der Waals surface area contributed by atoms with Crippen molar-refractivity contribution in [2.24, 2.45) is 40.4 Å². The maximum absolute atomic E-state index is 14.4. The molecule has 0 unspecified atom stereocenters. The fourth-order valence-electron chi connectivity index (χ4n) is 20.7. The van der Waals surface area contributed by atoms with Crippen LogP contribution in [0, 0.1) is 40.4 Å². The minimum Gasteiger partial charge on any atom is -0.453 e. The van der Waals surface area contributed by atoms with E-state index in [1.165, 1.54) is 21.3 Å². The predicted molar refractivity (Wildman–Crippen MR) is 464 cm³/mol. The lowest BCUT2D eigenvalue weighted by atomic mass is 9.89. The number of H-pyrrole nitrogens is 4. The van der Waals surface area contributed by atoms with E-state index in [-0.39, 0.29) is 88.6 Å². The van der Waals surface area contributed by atoms with Crippen LogP contribution in [0.1, 0.15) is 186 Å². The lowest BCUT2D eigenvalue weighted by Crippen LogP contribution is -2.55. The zero-order chi connectivity index (χ0) is 85.5. The number of rotatable bonds is 19. The number of likely N-dealkylation sites (tertiary alicyclic amines) is 4. The summed E-state index contributed by atoms with van der Waals surface area (Å²) in [6.45, 7) is 15.9. The van der Waals surface area contributed by atoms with E-state index in [4.69, 9.17) is 43.6 Å². The first-order valence-corrected chi connectivity index (χ1v) is 43.8. The molecule has 7 N–H and O–H groups in total. The number of amides is 7. The highest BCUT2D eigenvalue weighted by Crippen LogP contribution is 2.60. The zero-order valence-electron chi connectivity index (χ0n) is 71.6. The van der Waals surface area contributed by atoms with Gasteiger partial charge in [-0.05, 0) is 230 Å². The van der Waals surface area contributed by atoms with Gasteiger partial charge in [-0.1, -0.05) is 125 Å². The number of aromatic nitrogens is 8. The molecular formula is C96H111N15O12. The average Bonchev–Trinajstić information content (AvgIpc) is 1.59. The van der Waals surface area contributed by atoms with Crippen molar-refractivity contribution in [3.63, 3.8) is 0 Å². The molecule has 9 fully saturated rings. The monoisotopic (exact) mass is 1670 g/mol. The van der Waals surface area contributed by atoms with Gasteiger partial charge in [0, 0.05) is 49.5 Å². The standard InChI is InChI=1S/C50H58N8O7.C46H53N7O5/c1-28(2)41(55-48(61)63-3)46(59)57-27-50(17-18-50)24-40(57)44-51-26-39(53-44)35-12-11-33-21-32(9-10-34(33)22-35)29-5-7-30(8-6-29)38-25-52-45(54-38)43-36-13-14-37(23-36)58(43)47(60)42(56-49(62)64-4)31-15-19-65-20-16-31;1-26(2)38(51-43(55)57-6)42(54)52-25-46(17-18-46)22-37(52)40-47-24-36(49-40)32-14-13-30-19-29(11-12-31(30)20-32)27-7-9-28(10-8-27)35-23-48-41(50-35)39-33-15-16-34(21-33)53(39)44(56)58-45(3,4)5/h5-12,21-22,25-26,28,31,36-37,40-43H,13-20,23-24,27H2,1-4H3,(H,51,53)(H,52,54)(H,55,61)(H,56,62);7-14,19-20,23-24,26,33-34,37-39H,15-18,21-22,25H2,1-6H3,(H,47,49)(H,48,50)(H,51,55)/t36-,37+,40-,41-,42-,43-;33-,34+,37-,38-,39-/m00/s1. The van der Waals surface area contributed by atoms with Gasteiger partial charge in [0.15, 0.2) is 0 Å². The van der Waals surface area contributed by atoms with Crippen molar-refractivity contribution in [2.75, 3.05) is 47.6 Å². The number of aromatic amines is 4. The van der Waals surface area contributed by atoms with Crippen LogP contribution in [-0.2, 0) is 38.1 Å².